The SMILES string of the molecule is C/C=C/CC(NC(=O)CN(C)C(=O)c1ccc(Br)s1)C(=O)O. The van der Waals surface area contributed by atoms with Crippen LogP contribution >= 0.6 is 27.3 Å². The summed E-state index contributed by atoms with van der Waals surface area (Å²) in [6.45, 7) is 1.57. The van der Waals surface area contributed by atoms with Crippen LogP contribution in [0.4, 0.5) is 0 Å². The summed E-state index contributed by atoms with van der Waals surface area (Å²) in [5, 5.41) is 11.4. The molecule has 2 amide bonds. The summed E-state index contributed by atoms with van der Waals surface area (Å²) in [4.78, 5) is 36.8. The van der Waals surface area contributed by atoms with Crippen molar-refractivity contribution in [2.24, 2.45) is 0 Å². The molecule has 0 saturated carbocycles. The summed E-state index contributed by atoms with van der Waals surface area (Å²) in [6.07, 6.45) is 3.58. The van der Waals surface area contributed by atoms with E-state index in [9.17, 15) is 14.4 Å². The fourth-order valence-corrected chi connectivity index (χ4v) is 3.02. The van der Waals surface area contributed by atoms with Gasteiger partial charge < -0.3 is 15.3 Å². The monoisotopic (exact) mass is 388 g/mol. The summed E-state index contributed by atoms with van der Waals surface area (Å²) >= 11 is 4.54. The van der Waals surface area contributed by atoms with Crippen molar-refractivity contribution in [1.29, 1.82) is 0 Å². The van der Waals surface area contributed by atoms with E-state index < -0.39 is 17.9 Å². The van der Waals surface area contributed by atoms with Crippen LogP contribution in [0, 0.1) is 0 Å². The van der Waals surface area contributed by atoms with Gasteiger partial charge in [-0.2, -0.15) is 0 Å². The summed E-state index contributed by atoms with van der Waals surface area (Å²) < 4.78 is 0.825. The predicted octanol–water partition coefficient (Wildman–Crippen LogP) is 2.12. The highest BCUT2D eigenvalue weighted by atomic mass is 79.9. The van der Waals surface area contributed by atoms with Gasteiger partial charge in [0.15, 0.2) is 0 Å². The normalized spacial score (nSPS) is 12.1. The standard InChI is InChI=1S/C14H17BrN2O4S/c1-3-4-5-9(14(20)21)16-12(18)8-17(2)13(19)10-6-7-11(15)22-10/h3-4,6-7,9H,5,8H2,1-2H3,(H,16,18)(H,20,21)/b4-3+. The van der Waals surface area contributed by atoms with Gasteiger partial charge in [-0.05, 0) is 41.4 Å². The fourth-order valence-electron chi connectivity index (χ4n) is 1.64. The highest BCUT2D eigenvalue weighted by molar-refractivity contribution is 9.11. The molecule has 6 nitrogen and oxygen atoms in total. The summed E-state index contributed by atoms with van der Waals surface area (Å²) in [5.41, 5.74) is 0. The van der Waals surface area contributed by atoms with E-state index in [1.165, 1.54) is 23.3 Å². The van der Waals surface area contributed by atoms with Crippen molar-refractivity contribution in [3.05, 3.63) is 32.9 Å². The van der Waals surface area contributed by atoms with Crippen LogP contribution in [0.15, 0.2) is 28.1 Å². The average molecular weight is 389 g/mol. The molecule has 120 valence electrons. The first-order valence-corrected chi connectivity index (χ1v) is 8.10. The number of allylic oxidation sites excluding steroid dienone is 1. The van der Waals surface area contributed by atoms with Gasteiger partial charge in [-0.1, -0.05) is 12.2 Å². The lowest BCUT2D eigenvalue weighted by Gasteiger charge is -2.18. The van der Waals surface area contributed by atoms with Gasteiger partial charge in [-0.15, -0.1) is 11.3 Å². The van der Waals surface area contributed by atoms with Gasteiger partial charge in [0.25, 0.3) is 5.91 Å². The van der Waals surface area contributed by atoms with Gasteiger partial charge in [-0.3, -0.25) is 9.59 Å². The number of hydrogen-bond donors (Lipinski definition) is 2. The third kappa shape index (κ3) is 5.61. The zero-order valence-corrected chi connectivity index (χ0v) is 14.6. The van der Waals surface area contributed by atoms with Crippen molar-refractivity contribution in [2.75, 3.05) is 13.6 Å². The van der Waals surface area contributed by atoms with Crippen LogP contribution < -0.4 is 5.32 Å². The lowest BCUT2D eigenvalue weighted by molar-refractivity contribution is -0.141. The second-order valence-corrected chi connectivity index (χ2v) is 6.99. The molecule has 0 bridgehead atoms. The van der Waals surface area contributed by atoms with Gasteiger partial charge in [0, 0.05) is 7.05 Å². The number of nitrogens with one attached hydrogen (secondary N) is 1. The van der Waals surface area contributed by atoms with E-state index in [0.717, 1.165) is 3.79 Å². The quantitative estimate of drug-likeness (QED) is 0.700. The van der Waals surface area contributed by atoms with E-state index in [-0.39, 0.29) is 18.9 Å². The van der Waals surface area contributed by atoms with Gasteiger partial charge in [0.1, 0.15) is 6.04 Å². The van der Waals surface area contributed by atoms with Crippen LogP contribution in [0.2, 0.25) is 0 Å². The molecule has 1 atom stereocenters. The van der Waals surface area contributed by atoms with E-state index in [4.69, 9.17) is 5.11 Å². The second kappa shape index (κ2) is 8.70. The third-order valence-corrected chi connectivity index (χ3v) is 4.36. The Bertz CT molecular complexity index is 585. The molecule has 0 aliphatic carbocycles. The fraction of sp³-hybridized carbons (Fsp3) is 0.357. The number of nitrogens with zero attached hydrogens (tertiary/aromatic N) is 1. The summed E-state index contributed by atoms with van der Waals surface area (Å²) in [5.74, 6) is -1.91. The van der Waals surface area contributed by atoms with E-state index in [1.54, 1.807) is 31.2 Å². The first kappa shape index (κ1) is 18.4. The number of carbonyl (C=O) groups is 3. The number of aliphatic carboxylic acids is 1. The molecule has 8 heteroatoms. The Morgan fingerprint density at radius 3 is 2.64 bits per heavy atom. The minimum atomic E-state index is -1.11. The number of carboxylic acid groups (broad SMARTS) is 1. The number of hydrogen-bond acceptors (Lipinski definition) is 4. The van der Waals surface area contributed by atoms with E-state index in [2.05, 4.69) is 21.2 Å². The van der Waals surface area contributed by atoms with Gasteiger partial charge in [0.2, 0.25) is 5.91 Å². The first-order valence-electron chi connectivity index (χ1n) is 6.49. The van der Waals surface area contributed by atoms with Crippen LogP contribution in [-0.4, -0.2) is 47.4 Å². The van der Waals surface area contributed by atoms with Gasteiger partial charge >= 0.3 is 5.97 Å². The Balaban J connectivity index is 2.59. The molecule has 0 saturated heterocycles. The van der Waals surface area contributed by atoms with E-state index in [0.29, 0.717) is 4.88 Å². The van der Waals surface area contributed by atoms with Crippen LogP contribution in [0.25, 0.3) is 0 Å². The van der Waals surface area contributed by atoms with Crippen molar-refractivity contribution < 1.29 is 19.5 Å². The third-order valence-electron chi connectivity index (χ3n) is 2.75. The summed E-state index contributed by atoms with van der Waals surface area (Å²) in [6, 6.07) is 2.42. The van der Waals surface area contributed by atoms with Crippen LogP contribution in [0.3, 0.4) is 0 Å². The Kier molecular flexibility index (Phi) is 7.26. The Morgan fingerprint density at radius 1 is 1.45 bits per heavy atom. The molecule has 1 rings (SSSR count). The minimum absolute atomic E-state index is 0.200. The Morgan fingerprint density at radius 2 is 2.14 bits per heavy atom. The smallest absolute Gasteiger partial charge is 0.326 e. The molecular formula is C14H17BrN2O4S. The number of thiophene rings is 1. The molecule has 1 aromatic rings. The van der Waals surface area contributed by atoms with Gasteiger partial charge in [-0.25, -0.2) is 4.79 Å². The van der Waals surface area contributed by atoms with E-state index >= 15 is 0 Å². The predicted molar refractivity (Wildman–Crippen MR) is 88.0 cm³/mol. The molecule has 22 heavy (non-hydrogen) atoms. The highest BCUT2D eigenvalue weighted by Crippen LogP contribution is 2.22. The molecule has 0 aliphatic rings. The lowest BCUT2D eigenvalue weighted by atomic mass is 10.2. The number of carbonyl (C=O) groups excluding carboxylic acids is 2. The maximum absolute atomic E-state index is 12.1. The van der Waals surface area contributed by atoms with Crippen LogP contribution in [0.1, 0.15) is 23.0 Å². The molecule has 0 fully saturated rings. The van der Waals surface area contributed by atoms with E-state index in [1.807, 2.05) is 0 Å². The maximum Gasteiger partial charge on any atom is 0.326 e. The molecule has 0 radical (unpaired) electrons. The molecule has 0 aliphatic heterocycles. The van der Waals surface area contributed by atoms with Crippen molar-refractivity contribution in [3.63, 3.8) is 0 Å². The largest absolute Gasteiger partial charge is 0.480 e. The van der Waals surface area contributed by atoms with Crippen molar-refractivity contribution in [3.8, 4) is 0 Å². The molecule has 1 unspecified atom stereocenters. The Hall–Kier alpha value is -1.67. The number of likely N-dealkylation sites (N-methyl/N-ethyl adjacent to an activating group) is 1. The van der Waals surface area contributed by atoms with Crippen LogP contribution in [-0.2, 0) is 9.59 Å². The minimum Gasteiger partial charge on any atom is -0.480 e. The molecule has 1 aromatic heterocycles. The van der Waals surface area contributed by atoms with Crippen LogP contribution in [0.5, 0.6) is 0 Å². The zero-order valence-electron chi connectivity index (χ0n) is 12.2. The molecule has 0 aromatic carbocycles. The Labute approximate surface area is 140 Å². The van der Waals surface area contributed by atoms with Crippen molar-refractivity contribution in [1.82, 2.24) is 10.2 Å². The first-order chi connectivity index (χ1) is 10.3. The van der Waals surface area contributed by atoms with Crippen molar-refractivity contribution >= 4 is 45.1 Å². The lowest BCUT2D eigenvalue weighted by Crippen LogP contribution is -2.45. The maximum atomic E-state index is 12.1. The highest BCUT2D eigenvalue weighted by Gasteiger charge is 2.21. The zero-order chi connectivity index (χ0) is 16.7. The topological polar surface area (TPSA) is 86.7 Å². The molecule has 2 N–H and O–H groups in total. The molecular weight excluding hydrogens is 372 g/mol. The average Bonchev–Trinajstić information content (AvgIpc) is 2.88. The number of rotatable bonds is 7. The van der Waals surface area contributed by atoms with Gasteiger partial charge in [0.05, 0.1) is 15.2 Å². The number of carboxylic acids is 1. The molecule has 1 heterocycles. The number of halogens is 1. The second-order valence-electron chi connectivity index (χ2n) is 4.53. The van der Waals surface area contributed by atoms with Crippen molar-refractivity contribution in [2.45, 2.75) is 19.4 Å². The molecule has 0 spiro atoms. The summed E-state index contributed by atoms with van der Waals surface area (Å²) in [7, 11) is 1.50. The number of amides is 2.